The van der Waals surface area contributed by atoms with Crippen LogP contribution in [0.15, 0.2) is 11.4 Å². The molecular formula is C13H18N4OS. The highest BCUT2D eigenvalue weighted by Gasteiger charge is 2.12. The molecule has 0 amide bonds. The second kappa shape index (κ2) is 6.47. The Labute approximate surface area is 117 Å². The molecule has 5 nitrogen and oxygen atoms in total. The quantitative estimate of drug-likeness (QED) is 0.879. The Morgan fingerprint density at radius 3 is 2.74 bits per heavy atom. The van der Waals surface area contributed by atoms with E-state index in [0.717, 1.165) is 17.8 Å². The van der Waals surface area contributed by atoms with E-state index in [1.165, 1.54) is 5.56 Å². The third kappa shape index (κ3) is 3.41. The van der Waals surface area contributed by atoms with Gasteiger partial charge in [-0.1, -0.05) is 6.92 Å². The Morgan fingerprint density at radius 1 is 1.26 bits per heavy atom. The first-order chi connectivity index (χ1) is 9.24. The van der Waals surface area contributed by atoms with Crippen LogP contribution in [0.1, 0.15) is 25.8 Å². The van der Waals surface area contributed by atoms with Crippen molar-refractivity contribution in [2.75, 3.05) is 18.5 Å². The van der Waals surface area contributed by atoms with Gasteiger partial charge in [0.05, 0.1) is 11.5 Å². The Bertz CT molecular complexity index is 541. The van der Waals surface area contributed by atoms with Crippen molar-refractivity contribution in [2.24, 2.45) is 0 Å². The topological polar surface area (TPSA) is 59.9 Å². The van der Waals surface area contributed by atoms with Crippen LogP contribution in [-0.4, -0.2) is 28.1 Å². The van der Waals surface area contributed by atoms with Gasteiger partial charge in [-0.05, 0) is 37.3 Å². The van der Waals surface area contributed by atoms with Crippen molar-refractivity contribution in [1.82, 2.24) is 15.0 Å². The molecule has 0 aromatic carbocycles. The number of hydrogen-bond acceptors (Lipinski definition) is 6. The van der Waals surface area contributed by atoms with Gasteiger partial charge >= 0.3 is 6.01 Å². The van der Waals surface area contributed by atoms with Crippen molar-refractivity contribution in [3.63, 3.8) is 0 Å². The molecule has 1 N–H and O–H groups in total. The number of hydrogen-bond donors (Lipinski definition) is 1. The van der Waals surface area contributed by atoms with Crippen molar-refractivity contribution in [1.29, 1.82) is 0 Å². The molecule has 102 valence electrons. The number of aromatic nitrogens is 3. The minimum atomic E-state index is 0.385. The summed E-state index contributed by atoms with van der Waals surface area (Å²) in [5.74, 6) is 1.23. The molecule has 0 radical (unpaired) electrons. The number of nitrogens with one attached hydrogen (secondary N) is 1. The highest BCUT2D eigenvalue weighted by Crippen LogP contribution is 2.27. The van der Waals surface area contributed by atoms with Gasteiger partial charge in [-0.15, -0.1) is 11.3 Å². The maximum absolute atomic E-state index is 5.52. The zero-order chi connectivity index (χ0) is 13.7. The third-order valence-electron chi connectivity index (χ3n) is 2.45. The molecule has 0 aliphatic carbocycles. The lowest BCUT2D eigenvalue weighted by Gasteiger charge is -2.08. The summed E-state index contributed by atoms with van der Waals surface area (Å²) in [6.45, 7) is 7.48. The van der Waals surface area contributed by atoms with Crippen LogP contribution in [0.5, 0.6) is 6.01 Å². The molecule has 0 aliphatic heterocycles. The summed E-state index contributed by atoms with van der Waals surface area (Å²) in [6.07, 6.45) is 0.926. The highest BCUT2D eigenvalue weighted by atomic mass is 32.1. The number of aryl methyl sites for hydroxylation is 1. The fourth-order valence-electron chi connectivity index (χ4n) is 1.55. The van der Waals surface area contributed by atoms with Gasteiger partial charge in [-0.2, -0.15) is 15.0 Å². The standard InChI is InChI=1S/C13H18N4OS/c1-4-7-18-13-16-11(10-9(3)6-8-19-10)15-12(17-13)14-5-2/h6,8H,4-5,7H2,1-3H3,(H,14,15,16,17). The normalized spacial score (nSPS) is 10.5. The van der Waals surface area contributed by atoms with Crippen LogP contribution in [0.3, 0.4) is 0 Å². The van der Waals surface area contributed by atoms with E-state index in [1.54, 1.807) is 11.3 Å². The first-order valence-corrected chi connectivity index (χ1v) is 7.29. The molecule has 2 rings (SSSR count). The number of thiophene rings is 1. The van der Waals surface area contributed by atoms with E-state index in [1.807, 2.05) is 12.3 Å². The van der Waals surface area contributed by atoms with Crippen LogP contribution >= 0.6 is 11.3 Å². The molecule has 0 spiro atoms. The smallest absolute Gasteiger partial charge is 0.321 e. The molecular weight excluding hydrogens is 260 g/mol. The van der Waals surface area contributed by atoms with Crippen molar-refractivity contribution < 1.29 is 4.74 Å². The van der Waals surface area contributed by atoms with Crippen molar-refractivity contribution in [3.8, 4) is 16.7 Å². The Morgan fingerprint density at radius 2 is 2.11 bits per heavy atom. The maximum atomic E-state index is 5.52. The number of ether oxygens (including phenoxy) is 1. The fraction of sp³-hybridized carbons (Fsp3) is 0.462. The molecule has 2 aromatic rings. The fourth-order valence-corrected chi connectivity index (χ4v) is 2.41. The number of rotatable bonds is 6. The number of nitrogens with zero attached hydrogens (tertiary/aromatic N) is 3. The SMILES string of the molecule is CCCOc1nc(NCC)nc(-c2sccc2C)n1. The monoisotopic (exact) mass is 278 g/mol. The van der Waals surface area contributed by atoms with E-state index in [4.69, 9.17) is 4.74 Å². The first-order valence-electron chi connectivity index (χ1n) is 6.41. The molecule has 19 heavy (non-hydrogen) atoms. The van der Waals surface area contributed by atoms with Gasteiger partial charge in [0.1, 0.15) is 0 Å². The molecule has 0 unspecified atom stereocenters. The minimum absolute atomic E-state index is 0.385. The van der Waals surface area contributed by atoms with Gasteiger partial charge in [-0.25, -0.2) is 0 Å². The predicted molar refractivity (Wildman–Crippen MR) is 77.8 cm³/mol. The third-order valence-corrected chi connectivity index (χ3v) is 3.46. The zero-order valence-electron chi connectivity index (χ0n) is 11.4. The van der Waals surface area contributed by atoms with E-state index < -0.39 is 0 Å². The average molecular weight is 278 g/mol. The van der Waals surface area contributed by atoms with E-state index in [0.29, 0.717) is 24.4 Å². The van der Waals surface area contributed by atoms with Crippen LogP contribution in [0.25, 0.3) is 10.7 Å². The van der Waals surface area contributed by atoms with Crippen molar-refractivity contribution in [2.45, 2.75) is 27.2 Å². The maximum Gasteiger partial charge on any atom is 0.321 e. The minimum Gasteiger partial charge on any atom is -0.463 e. The molecule has 0 fully saturated rings. The van der Waals surface area contributed by atoms with Crippen LogP contribution in [-0.2, 0) is 0 Å². The van der Waals surface area contributed by atoms with Gasteiger partial charge in [0.15, 0.2) is 5.82 Å². The van der Waals surface area contributed by atoms with E-state index in [2.05, 4.69) is 40.2 Å². The van der Waals surface area contributed by atoms with Crippen LogP contribution in [0, 0.1) is 6.92 Å². The van der Waals surface area contributed by atoms with Crippen LogP contribution in [0.2, 0.25) is 0 Å². The second-order valence-electron chi connectivity index (χ2n) is 4.08. The van der Waals surface area contributed by atoms with Crippen LogP contribution < -0.4 is 10.1 Å². The summed E-state index contributed by atoms with van der Waals surface area (Å²) in [7, 11) is 0. The van der Waals surface area contributed by atoms with E-state index in [9.17, 15) is 0 Å². The van der Waals surface area contributed by atoms with Gasteiger partial charge < -0.3 is 10.1 Å². The Kier molecular flexibility index (Phi) is 4.68. The molecule has 0 aliphatic rings. The summed E-state index contributed by atoms with van der Waals surface area (Å²) < 4.78 is 5.52. The summed E-state index contributed by atoms with van der Waals surface area (Å²) in [5, 5.41) is 5.14. The molecule has 6 heteroatoms. The van der Waals surface area contributed by atoms with Crippen molar-refractivity contribution >= 4 is 17.3 Å². The summed E-state index contributed by atoms with van der Waals surface area (Å²) in [4.78, 5) is 14.1. The van der Waals surface area contributed by atoms with Gasteiger partial charge in [0.2, 0.25) is 5.95 Å². The first kappa shape index (κ1) is 13.7. The van der Waals surface area contributed by atoms with E-state index in [-0.39, 0.29) is 0 Å². The molecule has 0 saturated carbocycles. The lowest BCUT2D eigenvalue weighted by Crippen LogP contribution is -2.08. The van der Waals surface area contributed by atoms with Gasteiger partial charge in [-0.3, -0.25) is 0 Å². The average Bonchev–Trinajstić information content (AvgIpc) is 2.83. The highest BCUT2D eigenvalue weighted by molar-refractivity contribution is 7.13. The lowest BCUT2D eigenvalue weighted by atomic mass is 10.3. The summed E-state index contributed by atoms with van der Waals surface area (Å²) in [5.41, 5.74) is 1.17. The predicted octanol–water partition coefficient (Wildman–Crippen LogP) is 3.13. The Balaban J connectivity index is 2.36. The molecule has 0 saturated heterocycles. The van der Waals surface area contributed by atoms with Gasteiger partial charge in [0.25, 0.3) is 0 Å². The molecule has 0 bridgehead atoms. The summed E-state index contributed by atoms with van der Waals surface area (Å²) in [6, 6.07) is 2.44. The molecule has 0 atom stereocenters. The van der Waals surface area contributed by atoms with Crippen LogP contribution in [0.4, 0.5) is 5.95 Å². The lowest BCUT2D eigenvalue weighted by molar-refractivity contribution is 0.292. The van der Waals surface area contributed by atoms with Gasteiger partial charge in [0, 0.05) is 6.54 Å². The van der Waals surface area contributed by atoms with Crippen molar-refractivity contribution in [3.05, 3.63) is 17.0 Å². The molecule has 2 heterocycles. The zero-order valence-corrected chi connectivity index (χ0v) is 12.3. The number of anilines is 1. The second-order valence-corrected chi connectivity index (χ2v) is 4.99. The Hall–Kier alpha value is -1.69. The summed E-state index contributed by atoms with van der Waals surface area (Å²) >= 11 is 1.63. The molecule has 2 aromatic heterocycles. The van der Waals surface area contributed by atoms with E-state index >= 15 is 0 Å². The largest absolute Gasteiger partial charge is 0.463 e.